The van der Waals surface area contributed by atoms with Crippen LogP contribution in [0.25, 0.3) is 0 Å². The first-order chi connectivity index (χ1) is 13.4. The van der Waals surface area contributed by atoms with Crippen molar-refractivity contribution < 1.29 is 22.7 Å². The van der Waals surface area contributed by atoms with Gasteiger partial charge in [0.25, 0.3) is 5.91 Å². The van der Waals surface area contributed by atoms with E-state index in [2.05, 4.69) is 4.98 Å². The van der Waals surface area contributed by atoms with Crippen LogP contribution < -0.4 is 9.47 Å². The summed E-state index contributed by atoms with van der Waals surface area (Å²) in [5.74, 6) is 0.932. The minimum Gasteiger partial charge on any atom is -0.490 e. The van der Waals surface area contributed by atoms with Gasteiger partial charge in [-0.1, -0.05) is 0 Å². The first-order valence-corrected chi connectivity index (χ1v) is 11.0. The zero-order valence-electron chi connectivity index (χ0n) is 16.0. The number of pyridine rings is 1. The predicted octanol–water partition coefficient (Wildman–Crippen LogP) is 2.32. The van der Waals surface area contributed by atoms with E-state index in [0.29, 0.717) is 36.7 Å². The van der Waals surface area contributed by atoms with Crippen molar-refractivity contribution in [3.05, 3.63) is 53.9 Å². The molecule has 1 aliphatic heterocycles. The fourth-order valence-electron chi connectivity index (χ4n) is 3.12. The molecule has 0 aliphatic carbocycles. The van der Waals surface area contributed by atoms with Gasteiger partial charge in [-0.05, 0) is 49.2 Å². The number of amides is 1. The van der Waals surface area contributed by atoms with Crippen LogP contribution in [0.4, 0.5) is 0 Å². The van der Waals surface area contributed by atoms with E-state index >= 15 is 0 Å². The molecule has 8 heteroatoms. The molecule has 1 fully saturated rings. The number of sulfone groups is 1. The highest BCUT2D eigenvalue weighted by Crippen LogP contribution is 2.30. The number of nitrogens with zero attached hydrogens (tertiary/aromatic N) is 2. The summed E-state index contributed by atoms with van der Waals surface area (Å²) < 4.78 is 34.9. The van der Waals surface area contributed by atoms with Crippen molar-refractivity contribution in [2.45, 2.75) is 26.0 Å². The normalized spacial score (nSPS) is 17.9. The number of hydrogen-bond donors (Lipinski definition) is 0. The molecule has 2 aromatic rings. The third-order valence-corrected chi connectivity index (χ3v) is 6.46. The summed E-state index contributed by atoms with van der Waals surface area (Å²) >= 11 is 0. The molecule has 7 nitrogen and oxygen atoms in total. The molecule has 150 valence electrons. The molecule has 0 spiro atoms. The van der Waals surface area contributed by atoms with Crippen molar-refractivity contribution in [3.8, 4) is 11.5 Å². The number of carbonyl (C=O) groups excluding carboxylic acids is 1. The van der Waals surface area contributed by atoms with Crippen LogP contribution in [0, 0.1) is 0 Å². The number of aromatic nitrogens is 1. The number of hydrogen-bond acceptors (Lipinski definition) is 6. The molecule has 0 saturated carbocycles. The summed E-state index contributed by atoms with van der Waals surface area (Å²) in [6.45, 7) is 2.65. The van der Waals surface area contributed by atoms with Gasteiger partial charge in [0, 0.05) is 31.0 Å². The molecule has 28 heavy (non-hydrogen) atoms. The third kappa shape index (κ3) is 4.81. The monoisotopic (exact) mass is 404 g/mol. The molecule has 1 aromatic carbocycles. The molecule has 1 atom stereocenters. The van der Waals surface area contributed by atoms with Gasteiger partial charge in [0.05, 0.1) is 18.1 Å². The Bertz CT molecular complexity index is 931. The standard InChI is InChI=1S/C20H24N2O5S/c1-3-26-19-12-16(20(23)22(2)17-8-11-28(24,25)14-17)4-5-18(19)27-13-15-6-9-21-10-7-15/h4-7,9-10,12,17H,3,8,11,13-14H2,1-2H3/t17-/m0/s1. The van der Waals surface area contributed by atoms with Gasteiger partial charge in [-0.2, -0.15) is 0 Å². The van der Waals surface area contributed by atoms with E-state index in [1.807, 2.05) is 19.1 Å². The largest absolute Gasteiger partial charge is 0.490 e. The van der Waals surface area contributed by atoms with E-state index in [4.69, 9.17) is 9.47 Å². The molecule has 0 N–H and O–H groups in total. The minimum absolute atomic E-state index is 0.0146. The molecule has 1 saturated heterocycles. The van der Waals surface area contributed by atoms with E-state index in [0.717, 1.165) is 5.56 Å². The summed E-state index contributed by atoms with van der Waals surface area (Å²) in [6.07, 6.45) is 3.86. The average molecular weight is 404 g/mol. The van der Waals surface area contributed by atoms with E-state index in [1.54, 1.807) is 37.6 Å². The summed E-state index contributed by atoms with van der Waals surface area (Å²) in [7, 11) is -1.42. The van der Waals surface area contributed by atoms with E-state index in [-0.39, 0.29) is 23.5 Å². The van der Waals surface area contributed by atoms with Crippen molar-refractivity contribution in [2.24, 2.45) is 0 Å². The molecule has 1 aromatic heterocycles. The van der Waals surface area contributed by atoms with Gasteiger partial charge in [0.15, 0.2) is 21.3 Å². The summed E-state index contributed by atoms with van der Waals surface area (Å²) in [4.78, 5) is 18.3. The maximum Gasteiger partial charge on any atom is 0.254 e. The highest BCUT2D eigenvalue weighted by Gasteiger charge is 2.33. The van der Waals surface area contributed by atoms with Gasteiger partial charge >= 0.3 is 0 Å². The Morgan fingerprint density at radius 1 is 1.18 bits per heavy atom. The van der Waals surface area contributed by atoms with Crippen LogP contribution in [0.2, 0.25) is 0 Å². The average Bonchev–Trinajstić information content (AvgIpc) is 3.06. The molecule has 0 bridgehead atoms. The Morgan fingerprint density at radius 3 is 2.57 bits per heavy atom. The second kappa shape index (κ2) is 8.60. The van der Waals surface area contributed by atoms with Crippen molar-refractivity contribution >= 4 is 15.7 Å². The minimum atomic E-state index is -3.06. The summed E-state index contributed by atoms with van der Waals surface area (Å²) in [5.41, 5.74) is 1.41. The Morgan fingerprint density at radius 2 is 1.93 bits per heavy atom. The Balaban J connectivity index is 1.75. The molecular formula is C20H24N2O5S. The van der Waals surface area contributed by atoms with Crippen LogP contribution in [0.3, 0.4) is 0 Å². The second-order valence-corrected chi connectivity index (χ2v) is 8.94. The van der Waals surface area contributed by atoms with Crippen molar-refractivity contribution in [1.82, 2.24) is 9.88 Å². The van der Waals surface area contributed by atoms with Crippen molar-refractivity contribution in [3.63, 3.8) is 0 Å². The number of carbonyl (C=O) groups is 1. The van der Waals surface area contributed by atoms with Gasteiger partial charge in [-0.3, -0.25) is 9.78 Å². The lowest BCUT2D eigenvalue weighted by molar-refractivity contribution is 0.0747. The highest BCUT2D eigenvalue weighted by atomic mass is 32.2. The lowest BCUT2D eigenvalue weighted by atomic mass is 10.1. The van der Waals surface area contributed by atoms with Crippen LogP contribution in [0.5, 0.6) is 11.5 Å². The van der Waals surface area contributed by atoms with Crippen molar-refractivity contribution in [1.29, 1.82) is 0 Å². The lowest BCUT2D eigenvalue weighted by Crippen LogP contribution is -2.37. The topological polar surface area (TPSA) is 85.8 Å². The predicted molar refractivity (Wildman–Crippen MR) is 105 cm³/mol. The lowest BCUT2D eigenvalue weighted by Gasteiger charge is -2.24. The van der Waals surface area contributed by atoms with Gasteiger partial charge in [-0.15, -0.1) is 0 Å². The van der Waals surface area contributed by atoms with Gasteiger partial charge in [0.2, 0.25) is 0 Å². The van der Waals surface area contributed by atoms with Crippen LogP contribution in [-0.4, -0.2) is 55.4 Å². The Hall–Kier alpha value is -2.61. The first-order valence-electron chi connectivity index (χ1n) is 9.16. The van der Waals surface area contributed by atoms with Gasteiger partial charge < -0.3 is 14.4 Å². The fourth-order valence-corrected chi connectivity index (χ4v) is 4.89. The maximum absolute atomic E-state index is 12.8. The number of ether oxygens (including phenoxy) is 2. The van der Waals surface area contributed by atoms with E-state index < -0.39 is 9.84 Å². The van der Waals surface area contributed by atoms with Crippen LogP contribution in [0.15, 0.2) is 42.7 Å². The second-order valence-electron chi connectivity index (χ2n) is 6.71. The highest BCUT2D eigenvalue weighted by molar-refractivity contribution is 7.91. The molecular weight excluding hydrogens is 380 g/mol. The SMILES string of the molecule is CCOc1cc(C(=O)N(C)[C@H]2CCS(=O)(=O)C2)ccc1OCc1ccncc1. The van der Waals surface area contributed by atoms with E-state index in [9.17, 15) is 13.2 Å². The van der Waals surface area contributed by atoms with Gasteiger partial charge in [0.1, 0.15) is 6.61 Å². The molecule has 0 unspecified atom stereocenters. The van der Waals surface area contributed by atoms with Crippen LogP contribution >= 0.6 is 0 Å². The first kappa shape index (κ1) is 20.1. The third-order valence-electron chi connectivity index (χ3n) is 4.71. The van der Waals surface area contributed by atoms with Gasteiger partial charge in [-0.25, -0.2) is 8.42 Å². The maximum atomic E-state index is 12.8. The Labute approximate surface area is 165 Å². The summed E-state index contributed by atoms with van der Waals surface area (Å²) in [5, 5.41) is 0. The zero-order valence-corrected chi connectivity index (χ0v) is 16.8. The smallest absolute Gasteiger partial charge is 0.254 e. The fraction of sp³-hybridized carbons (Fsp3) is 0.400. The quantitative estimate of drug-likeness (QED) is 0.704. The summed E-state index contributed by atoms with van der Waals surface area (Å²) in [6, 6.07) is 8.46. The molecule has 0 radical (unpaired) electrons. The van der Waals surface area contributed by atoms with Crippen LogP contribution in [0.1, 0.15) is 29.3 Å². The van der Waals surface area contributed by atoms with E-state index in [1.165, 1.54) is 4.90 Å². The number of rotatable bonds is 7. The zero-order chi connectivity index (χ0) is 20.1. The molecule has 1 amide bonds. The van der Waals surface area contributed by atoms with Crippen LogP contribution in [-0.2, 0) is 16.4 Å². The molecule has 2 heterocycles. The van der Waals surface area contributed by atoms with Crippen molar-refractivity contribution in [2.75, 3.05) is 25.2 Å². The molecule has 3 rings (SSSR count). The number of benzene rings is 1. The molecule has 1 aliphatic rings. The Kier molecular flexibility index (Phi) is 6.18.